The van der Waals surface area contributed by atoms with Crippen LogP contribution in [0, 0.1) is 0 Å². The number of nitrogens with one attached hydrogen (secondary N) is 1. The van der Waals surface area contributed by atoms with Gasteiger partial charge in [0.1, 0.15) is 0 Å². The SMILES string of the molecule is C1CC[I-]CN[C@H]2O[C@H]2CC1. The van der Waals surface area contributed by atoms with Gasteiger partial charge in [-0.2, -0.15) is 0 Å². The third kappa shape index (κ3) is 2.56. The molecule has 0 aromatic carbocycles. The molecule has 2 aliphatic heterocycles. The van der Waals surface area contributed by atoms with Crippen molar-refractivity contribution in [3.8, 4) is 0 Å². The Morgan fingerprint density at radius 3 is 3.27 bits per heavy atom. The molecule has 2 aliphatic rings. The van der Waals surface area contributed by atoms with Gasteiger partial charge in [0.05, 0.1) is 0 Å². The van der Waals surface area contributed by atoms with Gasteiger partial charge in [0, 0.05) is 0 Å². The minimum absolute atomic E-state index is 0.448. The first-order valence-corrected chi connectivity index (χ1v) is 7.44. The summed E-state index contributed by atoms with van der Waals surface area (Å²) in [5.41, 5.74) is 0. The van der Waals surface area contributed by atoms with E-state index in [0.29, 0.717) is 33.5 Å². The summed E-state index contributed by atoms with van der Waals surface area (Å²) in [6.45, 7) is 0. The Labute approximate surface area is 78.3 Å². The third-order valence-corrected chi connectivity index (χ3v) is 4.72. The van der Waals surface area contributed by atoms with Crippen molar-refractivity contribution in [3.05, 3.63) is 0 Å². The van der Waals surface area contributed by atoms with Crippen molar-refractivity contribution in [2.75, 3.05) is 8.98 Å². The summed E-state index contributed by atoms with van der Waals surface area (Å²) in [6.07, 6.45) is 6.60. The molecule has 0 unspecified atom stereocenters. The zero-order valence-electron chi connectivity index (χ0n) is 6.68. The molecule has 0 aliphatic carbocycles. The third-order valence-electron chi connectivity index (χ3n) is 2.21. The Hall–Kier alpha value is 0.650. The number of alkyl halides is 2. The van der Waals surface area contributed by atoms with Crippen LogP contribution in [0.2, 0.25) is 0 Å². The van der Waals surface area contributed by atoms with Crippen LogP contribution in [0.1, 0.15) is 25.7 Å². The maximum absolute atomic E-state index is 5.46. The summed E-state index contributed by atoms with van der Waals surface area (Å²) in [6, 6.07) is 0. The topological polar surface area (TPSA) is 24.6 Å². The second kappa shape index (κ2) is 4.05. The van der Waals surface area contributed by atoms with Crippen LogP contribution in [0.3, 0.4) is 0 Å². The standard InChI is InChI=1S/C8H15INO/c1-2-4-7-8(11-7)10-6-9-5-3-1/h7-8,10H,1-6H2/q-1/t7-,8-/m0/s1. The summed E-state index contributed by atoms with van der Waals surface area (Å²) >= 11 is 0.448. The molecule has 0 radical (unpaired) electrons. The van der Waals surface area contributed by atoms with Gasteiger partial charge in [0.15, 0.2) is 0 Å². The second-order valence-electron chi connectivity index (χ2n) is 3.16. The molecule has 0 saturated carbocycles. The monoisotopic (exact) mass is 268 g/mol. The van der Waals surface area contributed by atoms with Gasteiger partial charge in [-0.25, -0.2) is 0 Å². The number of fused-ring (bicyclic) bond motifs is 1. The number of hydrogen-bond acceptors (Lipinski definition) is 2. The molecule has 0 aromatic heterocycles. The molecule has 3 heteroatoms. The van der Waals surface area contributed by atoms with E-state index in [-0.39, 0.29) is 0 Å². The average molecular weight is 268 g/mol. The van der Waals surface area contributed by atoms with Crippen molar-refractivity contribution in [2.24, 2.45) is 0 Å². The van der Waals surface area contributed by atoms with Crippen molar-refractivity contribution in [1.82, 2.24) is 5.32 Å². The number of epoxide rings is 1. The fourth-order valence-electron chi connectivity index (χ4n) is 1.45. The van der Waals surface area contributed by atoms with Crippen LogP contribution in [0.5, 0.6) is 0 Å². The van der Waals surface area contributed by atoms with Gasteiger partial charge in [0.25, 0.3) is 0 Å². The van der Waals surface area contributed by atoms with E-state index < -0.39 is 0 Å². The molecule has 2 nitrogen and oxygen atoms in total. The molecular formula is C8H15INO-. The van der Waals surface area contributed by atoms with E-state index in [1.54, 1.807) is 0 Å². The van der Waals surface area contributed by atoms with E-state index >= 15 is 0 Å². The molecule has 2 atom stereocenters. The van der Waals surface area contributed by atoms with Gasteiger partial charge >= 0.3 is 78.3 Å². The van der Waals surface area contributed by atoms with E-state index in [2.05, 4.69) is 5.32 Å². The summed E-state index contributed by atoms with van der Waals surface area (Å²) in [4.78, 5) is 0. The summed E-state index contributed by atoms with van der Waals surface area (Å²) in [7, 11) is 0. The van der Waals surface area contributed by atoms with Crippen LogP contribution >= 0.6 is 0 Å². The van der Waals surface area contributed by atoms with Crippen molar-refractivity contribution in [1.29, 1.82) is 0 Å². The quantitative estimate of drug-likeness (QED) is 0.236. The van der Waals surface area contributed by atoms with Gasteiger partial charge in [-0.1, -0.05) is 0 Å². The van der Waals surface area contributed by atoms with Gasteiger partial charge < -0.3 is 0 Å². The summed E-state index contributed by atoms with van der Waals surface area (Å²) in [5.74, 6) is 0. The number of halogens is 1. The van der Waals surface area contributed by atoms with E-state index in [1.807, 2.05) is 0 Å². The number of hydrogen-bond donors (Lipinski definition) is 1. The molecule has 2 heterocycles. The fraction of sp³-hybridized carbons (Fsp3) is 1.00. The molecule has 1 N–H and O–H groups in total. The Kier molecular flexibility index (Phi) is 3.04. The zero-order chi connectivity index (χ0) is 7.52. The predicted octanol–water partition coefficient (Wildman–Crippen LogP) is -2.08. The molecule has 2 saturated heterocycles. The second-order valence-corrected chi connectivity index (χ2v) is 6.08. The van der Waals surface area contributed by atoms with Gasteiger partial charge in [-0.05, 0) is 0 Å². The Balaban J connectivity index is 1.72. The minimum atomic E-state index is 0.448. The molecule has 66 valence electrons. The Bertz CT molecular complexity index is 117. The fourth-order valence-corrected chi connectivity index (χ4v) is 3.66. The molecule has 0 spiro atoms. The van der Waals surface area contributed by atoms with Gasteiger partial charge in [-0.3, -0.25) is 0 Å². The van der Waals surface area contributed by atoms with Crippen LogP contribution in [-0.4, -0.2) is 21.3 Å². The molecule has 2 fully saturated rings. The molecule has 11 heavy (non-hydrogen) atoms. The van der Waals surface area contributed by atoms with Crippen LogP contribution in [0.15, 0.2) is 0 Å². The van der Waals surface area contributed by atoms with E-state index in [1.165, 1.54) is 34.7 Å². The van der Waals surface area contributed by atoms with Crippen LogP contribution in [0.25, 0.3) is 0 Å². The average Bonchev–Trinajstić information content (AvgIpc) is 2.76. The molecule has 2 rings (SSSR count). The van der Waals surface area contributed by atoms with Gasteiger partial charge in [-0.15, -0.1) is 0 Å². The first kappa shape index (κ1) is 8.26. The Morgan fingerprint density at radius 2 is 2.27 bits per heavy atom. The van der Waals surface area contributed by atoms with Crippen molar-refractivity contribution in [2.45, 2.75) is 38.0 Å². The van der Waals surface area contributed by atoms with Crippen molar-refractivity contribution < 1.29 is 25.9 Å². The molecular weight excluding hydrogens is 253 g/mol. The van der Waals surface area contributed by atoms with E-state index in [4.69, 9.17) is 4.74 Å². The van der Waals surface area contributed by atoms with Gasteiger partial charge in [0.2, 0.25) is 0 Å². The maximum atomic E-state index is 5.46. The molecule has 0 amide bonds. The Morgan fingerprint density at radius 1 is 1.27 bits per heavy atom. The summed E-state index contributed by atoms with van der Waals surface area (Å²) < 4.78 is 8.22. The van der Waals surface area contributed by atoms with Crippen molar-refractivity contribution in [3.63, 3.8) is 0 Å². The first-order valence-electron chi connectivity index (χ1n) is 4.39. The number of rotatable bonds is 0. The molecule has 0 bridgehead atoms. The normalized spacial score (nSPS) is 40.0. The zero-order valence-corrected chi connectivity index (χ0v) is 8.84. The van der Waals surface area contributed by atoms with E-state index in [9.17, 15) is 0 Å². The first-order chi connectivity index (χ1) is 5.47. The van der Waals surface area contributed by atoms with Crippen molar-refractivity contribution >= 4 is 0 Å². The number of ether oxygens (including phenoxy) is 1. The van der Waals surface area contributed by atoms with E-state index in [0.717, 1.165) is 0 Å². The summed E-state index contributed by atoms with van der Waals surface area (Å²) in [5, 5.41) is 3.45. The van der Waals surface area contributed by atoms with Crippen LogP contribution in [-0.2, 0) is 4.74 Å². The predicted molar refractivity (Wildman–Crippen MR) is 40.0 cm³/mol. The van der Waals surface area contributed by atoms with Crippen LogP contribution < -0.4 is 26.5 Å². The van der Waals surface area contributed by atoms with Crippen LogP contribution in [0.4, 0.5) is 0 Å². The molecule has 0 aromatic rings.